The summed E-state index contributed by atoms with van der Waals surface area (Å²) in [5, 5.41) is 11.1. The molecular formula is C17H14F3N5OS. The Morgan fingerprint density at radius 2 is 2.00 bits per heavy atom. The topological polar surface area (TPSA) is 74.8 Å². The molecule has 10 heteroatoms. The van der Waals surface area contributed by atoms with Crippen molar-refractivity contribution in [2.75, 3.05) is 6.54 Å². The number of nitrogens with one attached hydrogen (secondary N) is 1. The molecule has 1 amide bonds. The van der Waals surface area contributed by atoms with Gasteiger partial charge in [-0.2, -0.15) is 18.3 Å². The predicted octanol–water partition coefficient (Wildman–Crippen LogP) is 3.45. The molecule has 27 heavy (non-hydrogen) atoms. The van der Waals surface area contributed by atoms with E-state index in [0.29, 0.717) is 41.3 Å². The van der Waals surface area contributed by atoms with Gasteiger partial charge in [0.25, 0.3) is 5.91 Å². The van der Waals surface area contributed by atoms with E-state index >= 15 is 0 Å². The van der Waals surface area contributed by atoms with E-state index in [-0.39, 0.29) is 5.91 Å². The largest absolute Gasteiger partial charge is 0.416 e. The number of aryl methyl sites for hydroxylation is 1. The van der Waals surface area contributed by atoms with Crippen molar-refractivity contribution in [2.45, 2.75) is 26.1 Å². The van der Waals surface area contributed by atoms with Crippen LogP contribution in [0.1, 0.15) is 32.2 Å². The maximum Gasteiger partial charge on any atom is 0.416 e. The minimum Gasteiger partial charge on any atom is -0.333 e. The third kappa shape index (κ3) is 3.20. The highest BCUT2D eigenvalue weighted by Crippen LogP contribution is 2.33. The van der Waals surface area contributed by atoms with Gasteiger partial charge in [0.1, 0.15) is 4.88 Å². The Morgan fingerprint density at radius 3 is 2.63 bits per heavy atom. The van der Waals surface area contributed by atoms with Gasteiger partial charge >= 0.3 is 6.18 Å². The summed E-state index contributed by atoms with van der Waals surface area (Å²) in [5.41, 5.74) is 2.74. The van der Waals surface area contributed by atoms with Crippen LogP contribution in [0.2, 0.25) is 0 Å². The number of aromatic amines is 1. The average Bonchev–Trinajstić information content (AvgIpc) is 3.26. The quantitative estimate of drug-likeness (QED) is 0.724. The summed E-state index contributed by atoms with van der Waals surface area (Å²) < 4.78 is 42.1. The Balaban J connectivity index is 1.62. The number of rotatable bonds is 2. The molecule has 2 aromatic heterocycles. The van der Waals surface area contributed by atoms with Crippen LogP contribution in [0, 0.1) is 6.92 Å². The molecule has 3 heterocycles. The van der Waals surface area contributed by atoms with Crippen LogP contribution in [0.4, 0.5) is 13.2 Å². The minimum atomic E-state index is -4.38. The molecule has 0 atom stereocenters. The summed E-state index contributed by atoms with van der Waals surface area (Å²) in [5.74, 6) is -0.146. The summed E-state index contributed by atoms with van der Waals surface area (Å²) in [6.45, 7) is 2.59. The minimum absolute atomic E-state index is 0.146. The van der Waals surface area contributed by atoms with Gasteiger partial charge in [-0.15, -0.1) is 5.10 Å². The van der Waals surface area contributed by atoms with E-state index in [0.717, 1.165) is 34.9 Å². The summed E-state index contributed by atoms with van der Waals surface area (Å²) in [4.78, 5) is 14.9. The van der Waals surface area contributed by atoms with Crippen LogP contribution in [0.5, 0.6) is 0 Å². The summed E-state index contributed by atoms with van der Waals surface area (Å²) in [6, 6.07) is 4.87. The molecule has 1 N–H and O–H groups in total. The molecule has 1 aliphatic heterocycles. The lowest BCUT2D eigenvalue weighted by Crippen LogP contribution is -2.35. The van der Waals surface area contributed by atoms with E-state index in [2.05, 4.69) is 19.8 Å². The Bertz CT molecular complexity index is 993. The SMILES string of the molecule is Cc1nnsc1C(=O)N1CCc2[nH]nc(-c3ccc(C(F)(F)F)cc3)c2C1. The Labute approximate surface area is 156 Å². The molecule has 140 valence electrons. The Hall–Kier alpha value is -2.75. The molecule has 1 aromatic carbocycles. The molecule has 0 saturated heterocycles. The molecule has 0 unspecified atom stereocenters. The summed E-state index contributed by atoms with van der Waals surface area (Å²) in [7, 11) is 0. The molecule has 0 fully saturated rings. The van der Waals surface area contributed by atoms with Crippen molar-refractivity contribution in [3.63, 3.8) is 0 Å². The first-order chi connectivity index (χ1) is 12.8. The van der Waals surface area contributed by atoms with E-state index in [1.54, 1.807) is 11.8 Å². The lowest BCUT2D eigenvalue weighted by atomic mass is 10.00. The number of carbonyl (C=O) groups excluding carboxylic acids is 1. The number of halogens is 3. The fourth-order valence-electron chi connectivity index (χ4n) is 3.10. The van der Waals surface area contributed by atoms with E-state index in [1.165, 1.54) is 12.1 Å². The van der Waals surface area contributed by atoms with Crippen molar-refractivity contribution in [1.29, 1.82) is 0 Å². The number of fused-ring (bicyclic) bond motifs is 1. The van der Waals surface area contributed by atoms with Gasteiger partial charge in [0.05, 0.1) is 17.0 Å². The predicted molar refractivity (Wildman–Crippen MR) is 92.1 cm³/mol. The number of amides is 1. The highest BCUT2D eigenvalue weighted by Gasteiger charge is 2.31. The molecule has 6 nitrogen and oxygen atoms in total. The van der Waals surface area contributed by atoms with Crippen molar-refractivity contribution in [3.05, 3.63) is 51.7 Å². The maximum absolute atomic E-state index is 12.8. The van der Waals surface area contributed by atoms with Gasteiger partial charge in [0.2, 0.25) is 0 Å². The van der Waals surface area contributed by atoms with Gasteiger partial charge < -0.3 is 4.90 Å². The Kier molecular flexibility index (Phi) is 4.22. The average molecular weight is 393 g/mol. The van der Waals surface area contributed by atoms with Crippen molar-refractivity contribution in [1.82, 2.24) is 24.7 Å². The standard InChI is InChI=1S/C17H14F3N5OS/c1-9-15(27-24-21-9)16(26)25-7-6-13-12(8-25)14(23-22-13)10-2-4-11(5-3-10)17(18,19)20/h2-5H,6-8H2,1H3,(H,22,23). The second kappa shape index (κ2) is 6.45. The third-order valence-corrected chi connectivity index (χ3v) is 5.37. The van der Waals surface area contributed by atoms with Crippen LogP contribution in [0.3, 0.4) is 0 Å². The number of benzene rings is 1. The van der Waals surface area contributed by atoms with E-state index in [1.807, 2.05) is 0 Å². The molecule has 0 spiro atoms. The van der Waals surface area contributed by atoms with E-state index in [4.69, 9.17) is 0 Å². The normalized spacial score (nSPS) is 14.3. The molecule has 0 bridgehead atoms. The van der Waals surface area contributed by atoms with Gasteiger partial charge in [-0.3, -0.25) is 9.89 Å². The number of alkyl halides is 3. The number of aromatic nitrogens is 4. The summed E-state index contributed by atoms with van der Waals surface area (Å²) >= 11 is 1.06. The third-order valence-electron chi connectivity index (χ3n) is 4.55. The van der Waals surface area contributed by atoms with E-state index < -0.39 is 11.7 Å². The number of hydrogen-bond acceptors (Lipinski definition) is 5. The van der Waals surface area contributed by atoms with Crippen LogP contribution in [0.25, 0.3) is 11.3 Å². The highest BCUT2D eigenvalue weighted by atomic mass is 32.1. The van der Waals surface area contributed by atoms with Gasteiger partial charge in [-0.25, -0.2) is 0 Å². The molecule has 4 rings (SSSR count). The second-order valence-electron chi connectivity index (χ2n) is 6.27. The number of hydrogen-bond donors (Lipinski definition) is 1. The fraction of sp³-hybridized carbons (Fsp3) is 0.294. The number of carbonyl (C=O) groups is 1. The fourth-order valence-corrected chi connectivity index (χ4v) is 3.72. The number of nitrogens with zero attached hydrogens (tertiary/aromatic N) is 4. The van der Waals surface area contributed by atoms with Gasteiger partial charge in [-0.05, 0) is 30.6 Å². The smallest absolute Gasteiger partial charge is 0.333 e. The zero-order valence-corrected chi connectivity index (χ0v) is 15.0. The lowest BCUT2D eigenvalue weighted by Gasteiger charge is -2.26. The van der Waals surface area contributed by atoms with Crippen LogP contribution in [-0.2, 0) is 19.1 Å². The lowest BCUT2D eigenvalue weighted by molar-refractivity contribution is -0.137. The first-order valence-electron chi connectivity index (χ1n) is 8.16. The van der Waals surface area contributed by atoms with Crippen molar-refractivity contribution in [2.24, 2.45) is 0 Å². The van der Waals surface area contributed by atoms with Crippen molar-refractivity contribution in [3.8, 4) is 11.3 Å². The zero-order chi connectivity index (χ0) is 19.2. The number of H-pyrrole nitrogens is 1. The monoisotopic (exact) mass is 393 g/mol. The van der Waals surface area contributed by atoms with Gasteiger partial charge in [0.15, 0.2) is 0 Å². The zero-order valence-electron chi connectivity index (χ0n) is 14.2. The first kappa shape index (κ1) is 17.7. The summed E-state index contributed by atoms with van der Waals surface area (Å²) in [6.07, 6.45) is -3.78. The second-order valence-corrected chi connectivity index (χ2v) is 7.02. The van der Waals surface area contributed by atoms with Crippen LogP contribution in [0.15, 0.2) is 24.3 Å². The molecule has 1 aliphatic rings. The maximum atomic E-state index is 12.8. The van der Waals surface area contributed by atoms with Gasteiger partial charge in [-0.1, -0.05) is 16.6 Å². The molecular weight excluding hydrogens is 379 g/mol. The van der Waals surface area contributed by atoms with E-state index in [9.17, 15) is 18.0 Å². The van der Waals surface area contributed by atoms with Crippen molar-refractivity contribution < 1.29 is 18.0 Å². The first-order valence-corrected chi connectivity index (χ1v) is 8.94. The molecule has 0 saturated carbocycles. The van der Waals surface area contributed by atoms with Crippen molar-refractivity contribution >= 4 is 17.4 Å². The molecule has 0 radical (unpaired) electrons. The van der Waals surface area contributed by atoms with Gasteiger partial charge in [0, 0.05) is 36.3 Å². The van der Waals surface area contributed by atoms with Crippen LogP contribution < -0.4 is 0 Å². The Morgan fingerprint density at radius 1 is 1.26 bits per heavy atom. The van der Waals surface area contributed by atoms with Crippen LogP contribution >= 0.6 is 11.5 Å². The highest BCUT2D eigenvalue weighted by molar-refractivity contribution is 7.07. The molecule has 3 aromatic rings. The molecule has 0 aliphatic carbocycles. The van der Waals surface area contributed by atoms with Crippen LogP contribution in [-0.4, -0.2) is 37.1 Å².